The highest BCUT2D eigenvalue weighted by Crippen LogP contribution is 2.22. The highest BCUT2D eigenvalue weighted by Gasteiger charge is 2.30. The van der Waals surface area contributed by atoms with Crippen LogP contribution in [0.4, 0.5) is 13.2 Å². The van der Waals surface area contributed by atoms with E-state index >= 15 is 0 Å². The van der Waals surface area contributed by atoms with Gasteiger partial charge in [0.15, 0.2) is 0 Å². The van der Waals surface area contributed by atoms with E-state index in [0.717, 1.165) is 23.4 Å². The number of hydrogen-bond donors (Lipinski definition) is 1. The molecule has 1 heterocycles. The first-order valence-corrected chi connectivity index (χ1v) is 10.5. The number of rotatable bonds is 3. The lowest BCUT2D eigenvalue weighted by Gasteiger charge is -2.19. The Morgan fingerprint density at radius 1 is 1.09 bits per heavy atom. The van der Waals surface area contributed by atoms with Crippen LogP contribution in [0.25, 0.3) is 0 Å². The molecule has 2 aromatic carbocycles. The van der Waals surface area contributed by atoms with Crippen LogP contribution in [0, 0.1) is 12.8 Å². The van der Waals surface area contributed by atoms with E-state index in [1.807, 2.05) is 31.2 Å². The number of carbonyl (C=O) groups is 1. The van der Waals surface area contributed by atoms with Gasteiger partial charge in [-0.25, -0.2) is 0 Å². The van der Waals surface area contributed by atoms with Gasteiger partial charge in [0.2, 0.25) is 0 Å². The van der Waals surface area contributed by atoms with Gasteiger partial charge in [0, 0.05) is 11.6 Å². The summed E-state index contributed by atoms with van der Waals surface area (Å²) in [5.41, 5.74) is 7.77. The summed E-state index contributed by atoms with van der Waals surface area (Å²) in [5.74, 6) is -0.276. The van der Waals surface area contributed by atoms with Gasteiger partial charge in [-0.05, 0) is 62.4 Å². The fourth-order valence-corrected chi connectivity index (χ4v) is 3.26. The van der Waals surface area contributed by atoms with Crippen molar-refractivity contribution in [3.05, 3.63) is 64.7 Å². The quantitative estimate of drug-likeness (QED) is 0.630. The Morgan fingerprint density at radius 2 is 1.72 bits per heavy atom. The summed E-state index contributed by atoms with van der Waals surface area (Å²) in [4.78, 5) is 11.6. The summed E-state index contributed by atoms with van der Waals surface area (Å²) in [5, 5.41) is 0.729. The number of alkyl halides is 3. The van der Waals surface area contributed by atoms with Crippen molar-refractivity contribution in [2.75, 3.05) is 13.2 Å². The second-order valence-electron chi connectivity index (χ2n) is 7.68. The molecule has 0 radical (unpaired) electrons. The van der Waals surface area contributed by atoms with E-state index in [9.17, 15) is 18.0 Å². The first-order chi connectivity index (χ1) is 15.0. The molecular weight excluding hydrogens is 447 g/mol. The van der Waals surface area contributed by atoms with Crippen LogP contribution in [0.3, 0.4) is 0 Å². The minimum absolute atomic E-state index is 0.146. The first-order valence-electron chi connectivity index (χ1n) is 10.1. The van der Waals surface area contributed by atoms with Crippen molar-refractivity contribution in [3.63, 3.8) is 0 Å². The number of carbonyl (C=O) groups excluding carboxylic acids is 1. The van der Waals surface area contributed by atoms with Crippen molar-refractivity contribution in [1.82, 2.24) is 0 Å². The largest absolute Gasteiger partial charge is 0.573 e. The Kier molecular flexibility index (Phi) is 9.81. The van der Waals surface area contributed by atoms with Crippen LogP contribution >= 0.6 is 11.6 Å². The molecule has 5 nitrogen and oxygen atoms in total. The second-order valence-corrected chi connectivity index (χ2v) is 8.12. The Hall–Kier alpha value is -2.29. The molecule has 0 amide bonds. The SMILES string of the molecule is CC1CC(Cc2ccc(Cl)cc2)COC[C@H](N)C(=O)O1.Cc1ccc(OC(F)(F)F)cc1. The first kappa shape index (κ1) is 26.0. The van der Waals surface area contributed by atoms with E-state index in [-0.39, 0.29) is 24.4 Å². The molecule has 2 N–H and O–H groups in total. The smallest absolute Gasteiger partial charge is 0.461 e. The van der Waals surface area contributed by atoms with Crippen LogP contribution < -0.4 is 10.5 Å². The summed E-state index contributed by atoms with van der Waals surface area (Å²) in [6.45, 7) is 4.47. The van der Waals surface area contributed by atoms with E-state index in [4.69, 9.17) is 26.8 Å². The van der Waals surface area contributed by atoms with Gasteiger partial charge in [0.05, 0.1) is 12.7 Å². The molecule has 0 aromatic heterocycles. The van der Waals surface area contributed by atoms with Gasteiger partial charge in [-0.2, -0.15) is 0 Å². The minimum atomic E-state index is -4.60. The summed E-state index contributed by atoms with van der Waals surface area (Å²) in [6.07, 6.45) is -3.11. The molecule has 9 heteroatoms. The standard InChI is InChI=1S/C15H20ClNO3.C8H7F3O/c1-10-6-12(7-11-2-4-13(16)5-3-11)8-19-9-14(17)15(18)20-10;1-6-2-4-7(5-3-6)12-8(9,10)11/h2-5,10,12,14H,6-9,17H2,1H3;2-5H,1H3/t10?,12?,14-;/m0./s1. The zero-order valence-corrected chi connectivity index (χ0v) is 18.7. The predicted octanol–water partition coefficient (Wildman–Crippen LogP) is 5.07. The molecule has 0 bridgehead atoms. The van der Waals surface area contributed by atoms with Gasteiger partial charge in [-0.1, -0.05) is 41.4 Å². The molecule has 1 fully saturated rings. The van der Waals surface area contributed by atoms with Crippen LogP contribution in [0.1, 0.15) is 24.5 Å². The van der Waals surface area contributed by atoms with E-state index in [1.165, 1.54) is 17.7 Å². The molecule has 1 saturated heterocycles. The van der Waals surface area contributed by atoms with Crippen LogP contribution in [-0.2, 0) is 20.7 Å². The molecule has 0 saturated carbocycles. The zero-order chi connectivity index (χ0) is 23.7. The highest BCUT2D eigenvalue weighted by molar-refractivity contribution is 6.30. The Morgan fingerprint density at radius 3 is 2.31 bits per heavy atom. The van der Waals surface area contributed by atoms with Gasteiger partial charge in [0.25, 0.3) is 0 Å². The molecule has 2 unspecified atom stereocenters. The lowest BCUT2D eigenvalue weighted by molar-refractivity contribution is -0.274. The molecule has 1 aliphatic heterocycles. The topological polar surface area (TPSA) is 70.8 Å². The van der Waals surface area contributed by atoms with Crippen molar-refractivity contribution in [3.8, 4) is 5.75 Å². The third kappa shape index (κ3) is 9.89. The van der Waals surface area contributed by atoms with Gasteiger partial charge in [-0.3, -0.25) is 4.79 Å². The third-order valence-electron chi connectivity index (χ3n) is 4.63. The Labute approximate surface area is 190 Å². The van der Waals surface area contributed by atoms with Gasteiger partial charge in [0.1, 0.15) is 11.8 Å². The summed E-state index contributed by atoms with van der Waals surface area (Å²) < 4.78 is 49.4. The maximum atomic E-state index is 11.6. The minimum Gasteiger partial charge on any atom is -0.461 e. The number of benzene rings is 2. The number of cyclic esters (lactones) is 1. The third-order valence-corrected chi connectivity index (χ3v) is 4.88. The second kappa shape index (κ2) is 12.1. The predicted molar refractivity (Wildman–Crippen MR) is 115 cm³/mol. The monoisotopic (exact) mass is 473 g/mol. The number of halogens is 4. The van der Waals surface area contributed by atoms with Crippen molar-refractivity contribution in [1.29, 1.82) is 0 Å². The summed E-state index contributed by atoms with van der Waals surface area (Å²) in [6, 6.07) is 12.8. The molecule has 176 valence electrons. The average Bonchev–Trinajstić information content (AvgIpc) is 2.75. The zero-order valence-electron chi connectivity index (χ0n) is 17.9. The molecule has 0 spiro atoms. The lowest BCUT2D eigenvalue weighted by atomic mass is 9.95. The van der Waals surface area contributed by atoms with E-state index < -0.39 is 12.4 Å². The Bertz CT molecular complexity index is 844. The molecule has 1 aliphatic rings. The number of aryl methyl sites for hydroxylation is 1. The number of esters is 1. The van der Waals surface area contributed by atoms with Gasteiger partial charge < -0.3 is 19.9 Å². The molecule has 32 heavy (non-hydrogen) atoms. The molecular formula is C23H27ClF3NO4. The number of hydrogen-bond acceptors (Lipinski definition) is 5. The van der Waals surface area contributed by atoms with Crippen LogP contribution in [-0.4, -0.2) is 37.7 Å². The fourth-order valence-electron chi connectivity index (χ4n) is 3.14. The normalized spacial score (nSPS) is 21.8. The number of nitrogens with two attached hydrogens (primary N) is 1. The van der Waals surface area contributed by atoms with E-state index in [1.54, 1.807) is 19.1 Å². The van der Waals surface area contributed by atoms with Crippen molar-refractivity contribution in [2.45, 2.75) is 45.2 Å². The van der Waals surface area contributed by atoms with Gasteiger partial charge in [-0.15, -0.1) is 13.2 Å². The number of ether oxygens (including phenoxy) is 3. The summed E-state index contributed by atoms with van der Waals surface area (Å²) in [7, 11) is 0. The van der Waals surface area contributed by atoms with Crippen molar-refractivity contribution in [2.24, 2.45) is 11.7 Å². The fraction of sp³-hybridized carbons (Fsp3) is 0.435. The average molecular weight is 474 g/mol. The maximum Gasteiger partial charge on any atom is 0.573 e. The van der Waals surface area contributed by atoms with E-state index in [2.05, 4.69) is 4.74 Å². The lowest BCUT2D eigenvalue weighted by Crippen LogP contribution is -2.37. The van der Waals surface area contributed by atoms with Crippen molar-refractivity contribution >= 4 is 17.6 Å². The van der Waals surface area contributed by atoms with Crippen LogP contribution in [0.15, 0.2) is 48.5 Å². The molecule has 0 aliphatic carbocycles. The molecule has 3 atom stereocenters. The van der Waals surface area contributed by atoms with Crippen LogP contribution in [0.2, 0.25) is 5.02 Å². The molecule has 3 rings (SSSR count). The van der Waals surface area contributed by atoms with Crippen molar-refractivity contribution < 1.29 is 32.2 Å². The van der Waals surface area contributed by atoms with Gasteiger partial charge >= 0.3 is 12.3 Å². The molecule has 2 aromatic rings. The van der Waals surface area contributed by atoms with Crippen LogP contribution in [0.5, 0.6) is 5.75 Å². The summed E-state index contributed by atoms with van der Waals surface area (Å²) >= 11 is 5.88. The van der Waals surface area contributed by atoms with E-state index in [0.29, 0.717) is 12.5 Å². The highest BCUT2D eigenvalue weighted by atomic mass is 35.5. The Balaban J connectivity index is 0.000000258. The maximum absolute atomic E-state index is 11.6.